The molecular formula is C36H42N4O8. The third-order valence-electron chi connectivity index (χ3n) is 8.15. The number of esters is 1. The smallest absolute Gasteiger partial charge is 0.410 e. The van der Waals surface area contributed by atoms with Crippen LogP contribution in [0.2, 0.25) is 0 Å². The molecule has 2 heterocycles. The fourth-order valence-corrected chi connectivity index (χ4v) is 5.79. The molecule has 0 spiro atoms. The lowest BCUT2D eigenvalue weighted by Crippen LogP contribution is -2.62. The molecule has 2 fully saturated rings. The maximum Gasteiger partial charge on any atom is 0.410 e. The Morgan fingerprint density at radius 3 is 2.25 bits per heavy atom. The molecule has 48 heavy (non-hydrogen) atoms. The summed E-state index contributed by atoms with van der Waals surface area (Å²) in [5.41, 5.74) is 12.1. The summed E-state index contributed by atoms with van der Waals surface area (Å²) in [7, 11) is 0. The Labute approximate surface area is 280 Å². The lowest BCUT2D eigenvalue weighted by Gasteiger charge is -2.47. The lowest BCUT2D eigenvalue weighted by atomic mass is 9.96. The average molecular weight is 659 g/mol. The maximum absolute atomic E-state index is 13.0. The van der Waals surface area contributed by atoms with Crippen molar-refractivity contribution in [3.05, 3.63) is 118 Å². The molecule has 0 radical (unpaired) electrons. The third kappa shape index (κ3) is 10.0. The highest BCUT2D eigenvalue weighted by Gasteiger charge is 2.52. The minimum absolute atomic E-state index is 0.179. The standard InChI is InChI=1S/C36H42N4O8/c1-26(41)46-33-31(38-39-37)35(47-30-25-44-34(48-32(30)33)29-19-11-6-12-20-29)43-22-14-3-2-13-21-40(23-27-15-7-4-8-16-27)36(42)45-24-28-17-9-5-10-18-28/h4-12,15-20,30-35H,2-3,13-14,21-25H2,1H3/t30?,31-,32-,33?,34?,35+/m0/s1. The number of hydrogen-bond acceptors (Lipinski definition) is 9. The number of carbonyl (C=O) groups excluding carboxylic acids is 2. The van der Waals surface area contributed by atoms with Crippen LogP contribution >= 0.6 is 0 Å². The van der Waals surface area contributed by atoms with E-state index in [1.54, 1.807) is 4.90 Å². The normalized spacial score (nSPS) is 23.3. The van der Waals surface area contributed by atoms with Crippen molar-refractivity contribution in [1.82, 2.24) is 4.90 Å². The number of hydrogen-bond donors (Lipinski definition) is 0. The summed E-state index contributed by atoms with van der Waals surface area (Å²) >= 11 is 0. The molecule has 0 N–H and O–H groups in total. The molecule has 0 aromatic heterocycles. The molecule has 2 aliphatic heterocycles. The summed E-state index contributed by atoms with van der Waals surface area (Å²) < 4.78 is 35.6. The van der Waals surface area contributed by atoms with Gasteiger partial charge in [-0.25, -0.2) is 4.79 Å². The molecule has 0 bridgehead atoms. The first-order valence-electron chi connectivity index (χ1n) is 16.3. The number of nitrogens with zero attached hydrogens (tertiary/aromatic N) is 4. The lowest BCUT2D eigenvalue weighted by molar-refractivity contribution is -0.342. The first-order chi connectivity index (χ1) is 23.5. The van der Waals surface area contributed by atoms with Gasteiger partial charge in [0.2, 0.25) is 0 Å². The van der Waals surface area contributed by atoms with Crippen LogP contribution in [0.25, 0.3) is 10.4 Å². The Hall–Kier alpha value is -4.45. The summed E-state index contributed by atoms with van der Waals surface area (Å²) in [6.07, 6.45) is -1.05. The molecule has 6 atom stereocenters. The first-order valence-corrected chi connectivity index (χ1v) is 16.3. The number of ether oxygens (including phenoxy) is 6. The van der Waals surface area contributed by atoms with Crippen molar-refractivity contribution in [3.8, 4) is 0 Å². The highest BCUT2D eigenvalue weighted by molar-refractivity contribution is 5.67. The van der Waals surface area contributed by atoms with Crippen LogP contribution in [0.5, 0.6) is 0 Å². The van der Waals surface area contributed by atoms with Crippen LogP contribution in [0.4, 0.5) is 4.79 Å². The van der Waals surface area contributed by atoms with Crippen molar-refractivity contribution in [1.29, 1.82) is 0 Å². The van der Waals surface area contributed by atoms with Crippen LogP contribution < -0.4 is 0 Å². The first kappa shape index (κ1) is 34.9. The Bertz CT molecular complexity index is 1480. The molecule has 3 aromatic rings. The van der Waals surface area contributed by atoms with Gasteiger partial charge in [-0.3, -0.25) is 4.79 Å². The van der Waals surface area contributed by atoms with E-state index in [0.29, 0.717) is 26.1 Å². The van der Waals surface area contributed by atoms with Crippen molar-refractivity contribution in [2.75, 3.05) is 19.8 Å². The van der Waals surface area contributed by atoms with E-state index >= 15 is 0 Å². The number of azide groups is 1. The summed E-state index contributed by atoms with van der Waals surface area (Å²) in [6.45, 7) is 3.03. The van der Waals surface area contributed by atoms with Crippen LogP contribution in [-0.2, 0) is 46.4 Å². The summed E-state index contributed by atoms with van der Waals surface area (Å²) in [5, 5.41) is 3.90. The second-order valence-corrected chi connectivity index (χ2v) is 11.7. The van der Waals surface area contributed by atoms with Crippen LogP contribution in [0, 0.1) is 0 Å². The average Bonchev–Trinajstić information content (AvgIpc) is 3.11. The van der Waals surface area contributed by atoms with Crippen LogP contribution in [-0.4, -0.2) is 67.4 Å². The molecular weight excluding hydrogens is 616 g/mol. The zero-order chi connectivity index (χ0) is 33.6. The zero-order valence-electron chi connectivity index (χ0n) is 27.0. The van der Waals surface area contributed by atoms with E-state index in [0.717, 1.165) is 36.0 Å². The molecule has 0 aliphatic carbocycles. The van der Waals surface area contributed by atoms with Gasteiger partial charge in [0, 0.05) is 37.1 Å². The number of unbranched alkanes of at least 4 members (excludes halogenated alkanes) is 3. The van der Waals surface area contributed by atoms with Gasteiger partial charge in [0.15, 0.2) is 12.6 Å². The Morgan fingerprint density at radius 1 is 0.896 bits per heavy atom. The second kappa shape index (κ2) is 18.2. The van der Waals surface area contributed by atoms with Crippen LogP contribution in [0.15, 0.2) is 96.1 Å². The molecule has 0 saturated carbocycles. The molecule has 3 unspecified atom stereocenters. The van der Waals surface area contributed by atoms with Gasteiger partial charge in [0.1, 0.15) is 31.0 Å². The monoisotopic (exact) mass is 658 g/mol. The summed E-state index contributed by atoms with van der Waals surface area (Å²) in [5.74, 6) is -0.533. The van der Waals surface area contributed by atoms with Gasteiger partial charge in [-0.15, -0.1) is 0 Å². The number of rotatable bonds is 15. The fourth-order valence-electron chi connectivity index (χ4n) is 5.79. The quantitative estimate of drug-likeness (QED) is 0.0567. The maximum atomic E-state index is 13.0. The molecule has 254 valence electrons. The Morgan fingerprint density at radius 2 is 1.56 bits per heavy atom. The molecule has 3 aromatic carbocycles. The predicted octanol–water partition coefficient (Wildman–Crippen LogP) is 6.85. The highest BCUT2D eigenvalue weighted by atomic mass is 16.8. The van der Waals surface area contributed by atoms with E-state index in [1.807, 2.05) is 91.0 Å². The van der Waals surface area contributed by atoms with Crippen molar-refractivity contribution in [3.63, 3.8) is 0 Å². The molecule has 5 rings (SSSR count). The van der Waals surface area contributed by atoms with E-state index in [2.05, 4.69) is 10.0 Å². The molecule has 2 aliphatic rings. The van der Waals surface area contributed by atoms with Crippen molar-refractivity contribution >= 4 is 12.1 Å². The molecule has 12 heteroatoms. The van der Waals surface area contributed by atoms with E-state index in [9.17, 15) is 15.1 Å². The van der Waals surface area contributed by atoms with Gasteiger partial charge in [-0.1, -0.05) is 109 Å². The summed E-state index contributed by atoms with van der Waals surface area (Å²) in [6, 6.07) is 27.9. The SMILES string of the molecule is CC(=O)OC1[C@H]2OC(c3ccccc3)OCC2O[C@@H](OCCCCCCN(Cc2ccccc2)C(=O)OCc2ccccc2)[C@H]1N=[N+]=[N-]. The van der Waals surface area contributed by atoms with Crippen molar-refractivity contribution in [2.24, 2.45) is 5.11 Å². The molecule has 1 amide bonds. The zero-order valence-corrected chi connectivity index (χ0v) is 27.0. The van der Waals surface area contributed by atoms with Gasteiger partial charge in [0.05, 0.1) is 6.61 Å². The Balaban J connectivity index is 1.10. The minimum Gasteiger partial charge on any atom is -0.459 e. The summed E-state index contributed by atoms with van der Waals surface area (Å²) in [4.78, 5) is 29.8. The molecule has 2 saturated heterocycles. The second-order valence-electron chi connectivity index (χ2n) is 11.7. The van der Waals surface area contributed by atoms with E-state index in [1.165, 1.54) is 6.92 Å². The van der Waals surface area contributed by atoms with E-state index in [-0.39, 0.29) is 19.3 Å². The van der Waals surface area contributed by atoms with Gasteiger partial charge in [-0.2, -0.15) is 0 Å². The highest BCUT2D eigenvalue weighted by Crippen LogP contribution is 2.37. The molecule has 12 nitrogen and oxygen atoms in total. The van der Waals surface area contributed by atoms with Gasteiger partial charge < -0.3 is 33.3 Å². The fraction of sp³-hybridized carbons (Fsp3) is 0.444. The van der Waals surface area contributed by atoms with Crippen LogP contribution in [0.3, 0.4) is 0 Å². The van der Waals surface area contributed by atoms with Crippen molar-refractivity contribution < 1.29 is 38.0 Å². The third-order valence-corrected chi connectivity index (χ3v) is 8.15. The van der Waals surface area contributed by atoms with Crippen molar-refractivity contribution in [2.45, 2.75) is 82.7 Å². The number of benzene rings is 3. The van der Waals surface area contributed by atoms with E-state index in [4.69, 9.17) is 28.4 Å². The number of amides is 1. The topological polar surface area (TPSA) is 142 Å². The predicted molar refractivity (Wildman–Crippen MR) is 175 cm³/mol. The minimum atomic E-state index is -0.955. The van der Waals surface area contributed by atoms with Crippen LogP contribution in [0.1, 0.15) is 55.6 Å². The van der Waals surface area contributed by atoms with Gasteiger partial charge >= 0.3 is 12.1 Å². The van der Waals surface area contributed by atoms with Gasteiger partial charge in [-0.05, 0) is 29.5 Å². The number of carbonyl (C=O) groups is 2. The number of fused-ring (bicyclic) bond motifs is 1. The van der Waals surface area contributed by atoms with E-state index < -0.39 is 42.9 Å². The van der Waals surface area contributed by atoms with Gasteiger partial charge in [0.25, 0.3) is 0 Å². The largest absolute Gasteiger partial charge is 0.459 e. The Kier molecular flexibility index (Phi) is 13.2.